The van der Waals surface area contributed by atoms with E-state index in [0.29, 0.717) is 0 Å². The summed E-state index contributed by atoms with van der Waals surface area (Å²) >= 11 is 0. The van der Waals surface area contributed by atoms with Crippen LogP contribution in [0, 0.1) is 23.7 Å². The van der Waals surface area contributed by atoms with Gasteiger partial charge in [-0.25, -0.2) is 0 Å². The topological polar surface area (TPSA) is 3.24 Å². The summed E-state index contributed by atoms with van der Waals surface area (Å²) in [7, 11) is 0. The molecule has 0 aliphatic heterocycles. The highest BCUT2D eigenvalue weighted by molar-refractivity contribution is 5.98. The van der Waals surface area contributed by atoms with Crippen molar-refractivity contribution in [1.82, 2.24) is 0 Å². The molecule has 4 fully saturated rings. The third-order valence-electron chi connectivity index (χ3n) is 19.4. The lowest BCUT2D eigenvalue weighted by atomic mass is 9.43. The lowest BCUT2D eigenvalue weighted by Crippen LogP contribution is -2.55. The maximum absolute atomic E-state index is 2.65. The standard InChI is InChI=1S/C73H65N/c1-70(2,3)50-28-32-60-61-33-29-51(71(4,5)6)43-67(61)73(66(60)42-50)64-25-14-11-23-58(64)62-34-30-55(44-68(62)73)74(69-26-15-12-21-56(69)47-17-8-7-9-18-47)54-20-16-19-48(40-54)49-27-31-59-57-22-10-13-24-63(57)72(65(59)41-49)52-36-45-35-46(38-52)39-53(72)37-45/h7-34,40-46,52-53H,35-39H2,1-6H3. The van der Waals surface area contributed by atoms with Gasteiger partial charge in [-0.05, 0) is 198 Å². The Bertz CT molecular complexity index is 3690. The fraction of sp³-hybridized carbons (Fsp3) is 0.260. The molecule has 9 aromatic rings. The Morgan fingerprint density at radius 2 is 0.811 bits per heavy atom. The molecule has 1 nitrogen and oxygen atoms in total. The highest BCUT2D eigenvalue weighted by atomic mass is 15.1. The number of hydrogen-bond donors (Lipinski definition) is 0. The van der Waals surface area contributed by atoms with Gasteiger partial charge in [0.2, 0.25) is 0 Å². The van der Waals surface area contributed by atoms with E-state index in [1.807, 2.05) is 0 Å². The number of fused-ring (bicyclic) bond motifs is 13. The van der Waals surface area contributed by atoms with Gasteiger partial charge >= 0.3 is 0 Å². The summed E-state index contributed by atoms with van der Waals surface area (Å²) in [6, 6.07) is 78.1. The minimum atomic E-state index is -0.516. The van der Waals surface area contributed by atoms with Crippen LogP contribution >= 0.6 is 0 Å². The van der Waals surface area contributed by atoms with Gasteiger partial charge in [0.1, 0.15) is 0 Å². The Kier molecular flexibility index (Phi) is 9.37. The molecule has 4 bridgehead atoms. The summed E-state index contributed by atoms with van der Waals surface area (Å²) in [6.45, 7) is 14.1. The average Bonchev–Trinajstić information content (AvgIpc) is 4.03. The second kappa shape index (κ2) is 15.7. The van der Waals surface area contributed by atoms with Crippen molar-refractivity contribution in [1.29, 1.82) is 0 Å². The van der Waals surface area contributed by atoms with E-state index in [0.717, 1.165) is 40.7 Å². The molecule has 0 amide bonds. The van der Waals surface area contributed by atoms with E-state index in [1.54, 1.807) is 11.1 Å². The van der Waals surface area contributed by atoms with Crippen molar-refractivity contribution in [2.75, 3.05) is 4.90 Å². The molecule has 0 aromatic heterocycles. The van der Waals surface area contributed by atoms with Crippen molar-refractivity contribution in [3.8, 4) is 55.6 Å². The van der Waals surface area contributed by atoms with E-state index in [1.165, 1.54) is 121 Å². The molecule has 0 N–H and O–H groups in total. The van der Waals surface area contributed by atoms with E-state index in [2.05, 4.69) is 247 Å². The summed E-state index contributed by atoms with van der Waals surface area (Å²) in [5, 5.41) is 0. The first kappa shape index (κ1) is 44.3. The summed E-state index contributed by atoms with van der Waals surface area (Å²) in [5.41, 5.74) is 27.7. The van der Waals surface area contributed by atoms with E-state index in [-0.39, 0.29) is 16.2 Å². The van der Waals surface area contributed by atoms with Crippen molar-refractivity contribution >= 4 is 17.1 Å². The number of anilines is 3. The Morgan fingerprint density at radius 3 is 1.46 bits per heavy atom. The Hall–Kier alpha value is -7.22. The molecule has 0 heterocycles. The van der Waals surface area contributed by atoms with Crippen LogP contribution in [0.5, 0.6) is 0 Å². The zero-order chi connectivity index (χ0) is 49.9. The van der Waals surface area contributed by atoms with Crippen LogP contribution < -0.4 is 4.90 Å². The van der Waals surface area contributed by atoms with Crippen LogP contribution in [0.3, 0.4) is 0 Å². The molecule has 0 unspecified atom stereocenters. The minimum absolute atomic E-state index is 0.0215. The van der Waals surface area contributed by atoms with Gasteiger partial charge < -0.3 is 4.90 Å². The van der Waals surface area contributed by atoms with Crippen LogP contribution in [-0.2, 0) is 21.7 Å². The van der Waals surface area contributed by atoms with Crippen LogP contribution in [0.4, 0.5) is 17.1 Å². The molecule has 16 rings (SSSR count). The maximum atomic E-state index is 2.65. The van der Waals surface area contributed by atoms with Gasteiger partial charge in [0.15, 0.2) is 0 Å². The molecule has 7 aliphatic carbocycles. The van der Waals surface area contributed by atoms with Crippen molar-refractivity contribution in [2.24, 2.45) is 23.7 Å². The number of hydrogen-bond acceptors (Lipinski definition) is 1. The third-order valence-corrected chi connectivity index (χ3v) is 19.4. The summed E-state index contributed by atoms with van der Waals surface area (Å²) in [6.07, 6.45) is 7.00. The van der Waals surface area contributed by atoms with Gasteiger partial charge in [-0.2, -0.15) is 0 Å². The maximum Gasteiger partial charge on any atom is 0.0726 e. The number of benzene rings is 9. The molecule has 362 valence electrons. The quantitative estimate of drug-likeness (QED) is 0.166. The van der Waals surface area contributed by atoms with Crippen LogP contribution in [0.15, 0.2) is 200 Å². The number of rotatable bonds is 5. The molecule has 0 atom stereocenters. The SMILES string of the molecule is CC(C)(C)c1ccc2c(c1)C1(c3ccccc3-c3ccc(N(c4cccc(-c5ccc6c(c5)C5(c7ccccc7-6)C6CC7CC(C6)CC5C7)c4)c4ccccc4-c4ccccc4)cc31)c1cc(C(C)(C)C)ccc1-2. The predicted molar refractivity (Wildman–Crippen MR) is 309 cm³/mol. The number of para-hydroxylation sites is 1. The molecule has 4 saturated carbocycles. The molecule has 0 radical (unpaired) electrons. The molecule has 1 heteroatoms. The molecule has 7 aliphatic rings. The zero-order valence-electron chi connectivity index (χ0n) is 43.8. The van der Waals surface area contributed by atoms with Gasteiger partial charge in [-0.3, -0.25) is 0 Å². The first-order chi connectivity index (χ1) is 35.9. The molecule has 9 aromatic carbocycles. The van der Waals surface area contributed by atoms with E-state index in [9.17, 15) is 0 Å². The largest absolute Gasteiger partial charge is 0.310 e. The van der Waals surface area contributed by atoms with Crippen molar-refractivity contribution in [3.63, 3.8) is 0 Å². The fourth-order valence-electron chi connectivity index (χ4n) is 16.4. The Labute approximate surface area is 439 Å². The predicted octanol–water partition coefficient (Wildman–Crippen LogP) is 19.2. The minimum Gasteiger partial charge on any atom is -0.310 e. The van der Waals surface area contributed by atoms with Crippen LogP contribution in [-0.4, -0.2) is 0 Å². The van der Waals surface area contributed by atoms with Crippen molar-refractivity contribution < 1.29 is 0 Å². The summed E-state index contributed by atoms with van der Waals surface area (Å²) < 4.78 is 0. The normalized spacial score (nSPS) is 21.8. The van der Waals surface area contributed by atoms with Gasteiger partial charge in [0.25, 0.3) is 0 Å². The smallest absolute Gasteiger partial charge is 0.0726 e. The van der Waals surface area contributed by atoms with Crippen LogP contribution in [0.1, 0.15) is 118 Å². The second-order valence-electron chi connectivity index (χ2n) is 25.3. The van der Waals surface area contributed by atoms with Gasteiger partial charge in [0.05, 0.1) is 11.1 Å². The molecule has 2 spiro atoms. The summed E-state index contributed by atoms with van der Waals surface area (Å²) in [5.74, 6) is 3.27. The zero-order valence-corrected chi connectivity index (χ0v) is 43.8. The molecular weight excluding hydrogens is 891 g/mol. The van der Waals surface area contributed by atoms with Crippen molar-refractivity contribution in [2.45, 2.75) is 95.3 Å². The Morgan fingerprint density at radius 1 is 0.338 bits per heavy atom. The van der Waals surface area contributed by atoms with Gasteiger partial charge in [0, 0.05) is 22.4 Å². The first-order valence-electron chi connectivity index (χ1n) is 27.7. The summed E-state index contributed by atoms with van der Waals surface area (Å²) in [4.78, 5) is 2.57. The Balaban J connectivity index is 0.952. The third kappa shape index (κ3) is 6.10. The molecule has 74 heavy (non-hydrogen) atoms. The lowest BCUT2D eigenvalue weighted by molar-refractivity contribution is -0.0399. The van der Waals surface area contributed by atoms with Gasteiger partial charge in [-0.1, -0.05) is 205 Å². The van der Waals surface area contributed by atoms with E-state index in [4.69, 9.17) is 0 Å². The fourth-order valence-corrected chi connectivity index (χ4v) is 16.4. The molecular formula is C73H65N. The van der Waals surface area contributed by atoms with Gasteiger partial charge in [-0.15, -0.1) is 0 Å². The van der Waals surface area contributed by atoms with Crippen LogP contribution in [0.2, 0.25) is 0 Å². The molecule has 0 saturated heterocycles. The average molecular weight is 956 g/mol. The van der Waals surface area contributed by atoms with Crippen LogP contribution in [0.25, 0.3) is 55.6 Å². The van der Waals surface area contributed by atoms with E-state index < -0.39 is 5.41 Å². The monoisotopic (exact) mass is 956 g/mol. The second-order valence-corrected chi connectivity index (χ2v) is 25.3. The first-order valence-corrected chi connectivity index (χ1v) is 27.7. The number of nitrogens with zero attached hydrogens (tertiary/aromatic N) is 1. The lowest BCUT2D eigenvalue weighted by Gasteiger charge is -2.61. The van der Waals surface area contributed by atoms with Crippen molar-refractivity contribution in [3.05, 3.63) is 245 Å². The van der Waals surface area contributed by atoms with E-state index >= 15 is 0 Å². The highest BCUT2D eigenvalue weighted by Crippen LogP contribution is 2.70. The highest BCUT2D eigenvalue weighted by Gasteiger charge is 2.61.